The van der Waals surface area contributed by atoms with E-state index in [0.717, 1.165) is 11.1 Å². The number of hydrogen-bond donors (Lipinski definition) is 1. The Morgan fingerprint density at radius 3 is 2.55 bits per heavy atom. The largest absolute Gasteiger partial charge is 0.452 e. The van der Waals surface area contributed by atoms with Crippen molar-refractivity contribution in [2.75, 3.05) is 11.9 Å². The van der Waals surface area contributed by atoms with E-state index in [4.69, 9.17) is 14.5 Å². The zero-order valence-corrected chi connectivity index (χ0v) is 16.4. The van der Waals surface area contributed by atoms with Crippen molar-refractivity contribution in [2.24, 2.45) is 0 Å². The lowest BCUT2D eigenvalue weighted by atomic mass is 10.1. The van der Waals surface area contributed by atoms with Crippen LogP contribution in [0.25, 0.3) is 22.2 Å². The molecule has 1 amide bonds. The Morgan fingerprint density at radius 2 is 1.81 bits per heavy atom. The van der Waals surface area contributed by atoms with E-state index in [1.54, 1.807) is 42.5 Å². The van der Waals surface area contributed by atoms with Crippen LogP contribution in [0.4, 0.5) is 5.69 Å². The van der Waals surface area contributed by atoms with Gasteiger partial charge in [0.1, 0.15) is 5.52 Å². The van der Waals surface area contributed by atoms with Gasteiger partial charge in [-0.1, -0.05) is 47.6 Å². The van der Waals surface area contributed by atoms with Crippen LogP contribution < -0.4 is 5.32 Å². The average Bonchev–Trinajstić information content (AvgIpc) is 3.23. The Hall–Kier alpha value is -4.44. The van der Waals surface area contributed by atoms with Crippen molar-refractivity contribution in [1.29, 1.82) is 5.26 Å². The molecule has 31 heavy (non-hydrogen) atoms. The van der Waals surface area contributed by atoms with Gasteiger partial charge in [0, 0.05) is 11.3 Å². The molecule has 0 fully saturated rings. The Balaban J connectivity index is 1.41. The Kier molecular flexibility index (Phi) is 5.72. The molecule has 1 heterocycles. The lowest BCUT2D eigenvalue weighted by molar-refractivity contribution is -0.119. The highest BCUT2D eigenvalue weighted by molar-refractivity contribution is 6.00. The molecule has 0 bridgehead atoms. The van der Waals surface area contributed by atoms with Gasteiger partial charge in [-0.3, -0.25) is 4.79 Å². The number of nitrogens with one attached hydrogen (secondary N) is 1. The summed E-state index contributed by atoms with van der Waals surface area (Å²) in [6, 6.07) is 23.3. The molecular formula is C24H17N3O4. The van der Waals surface area contributed by atoms with E-state index < -0.39 is 18.5 Å². The Labute approximate surface area is 177 Å². The van der Waals surface area contributed by atoms with E-state index in [0.29, 0.717) is 34.3 Å². The Bertz CT molecular complexity index is 1270. The third-order valence-corrected chi connectivity index (χ3v) is 4.60. The third-order valence-electron chi connectivity index (χ3n) is 4.60. The lowest BCUT2D eigenvalue weighted by Crippen LogP contribution is -2.20. The lowest BCUT2D eigenvalue weighted by Gasteiger charge is -2.07. The number of esters is 1. The molecular weight excluding hydrogens is 394 g/mol. The number of rotatable bonds is 6. The van der Waals surface area contributed by atoms with Crippen LogP contribution in [0.1, 0.15) is 15.9 Å². The van der Waals surface area contributed by atoms with Crippen molar-refractivity contribution in [2.45, 2.75) is 6.42 Å². The molecule has 0 aliphatic carbocycles. The van der Waals surface area contributed by atoms with Crippen LogP contribution in [0.3, 0.4) is 0 Å². The number of anilines is 1. The normalized spacial score (nSPS) is 10.4. The molecule has 0 aliphatic heterocycles. The third kappa shape index (κ3) is 4.60. The molecule has 7 heteroatoms. The molecule has 3 aromatic carbocycles. The molecule has 0 saturated heterocycles. The fourth-order valence-electron chi connectivity index (χ4n) is 3.07. The number of nitrogens with zero attached hydrogens (tertiary/aromatic N) is 2. The quantitative estimate of drug-likeness (QED) is 0.473. The van der Waals surface area contributed by atoms with E-state index in [2.05, 4.69) is 16.5 Å². The molecule has 1 aromatic heterocycles. The van der Waals surface area contributed by atoms with Crippen molar-refractivity contribution >= 4 is 28.5 Å². The monoisotopic (exact) mass is 411 g/mol. The number of hydrogen-bond acceptors (Lipinski definition) is 6. The van der Waals surface area contributed by atoms with E-state index in [1.165, 1.54) is 0 Å². The topological polar surface area (TPSA) is 105 Å². The summed E-state index contributed by atoms with van der Waals surface area (Å²) in [5, 5.41) is 16.1. The van der Waals surface area contributed by atoms with Crippen LogP contribution in [0.5, 0.6) is 0 Å². The van der Waals surface area contributed by atoms with Gasteiger partial charge >= 0.3 is 5.97 Å². The van der Waals surface area contributed by atoms with Gasteiger partial charge in [0.25, 0.3) is 5.91 Å². The number of aromatic nitrogens is 1. The van der Waals surface area contributed by atoms with Crippen molar-refractivity contribution in [3.8, 4) is 17.4 Å². The first-order chi connectivity index (χ1) is 15.1. The minimum Gasteiger partial charge on any atom is -0.452 e. The van der Waals surface area contributed by atoms with Crippen molar-refractivity contribution in [3.63, 3.8) is 0 Å². The average molecular weight is 411 g/mol. The Morgan fingerprint density at radius 1 is 1.03 bits per heavy atom. The maximum Gasteiger partial charge on any atom is 0.338 e. The number of carbonyl (C=O) groups is 2. The van der Waals surface area contributed by atoms with E-state index in [9.17, 15) is 9.59 Å². The van der Waals surface area contributed by atoms with Crippen LogP contribution in [0.15, 0.2) is 77.3 Å². The first-order valence-electron chi connectivity index (χ1n) is 9.52. The number of carbonyl (C=O) groups excluding carboxylic acids is 2. The summed E-state index contributed by atoms with van der Waals surface area (Å²) in [4.78, 5) is 24.6. The number of amides is 1. The molecule has 0 atom stereocenters. The summed E-state index contributed by atoms with van der Waals surface area (Å²) in [5.41, 5.74) is 3.16. The van der Waals surface area contributed by atoms with Gasteiger partial charge < -0.3 is 14.6 Å². The van der Waals surface area contributed by atoms with Crippen LogP contribution in [0.2, 0.25) is 0 Å². The summed E-state index contributed by atoms with van der Waals surface area (Å²) in [5.74, 6) is -0.526. The maximum absolute atomic E-state index is 12.4. The highest BCUT2D eigenvalue weighted by Gasteiger charge is 2.16. The van der Waals surface area contributed by atoms with Gasteiger partial charge in [-0.05, 0) is 35.9 Å². The number of nitriles is 1. The van der Waals surface area contributed by atoms with Gasteiger partial charge in [0.05, 0.1) is 23.4 Å². The predicted octanol–water partition coefficient (Wildman–Crippen LogP) is 4.36. The van der Waals surface area contributed by atoms with E-state index in [1.807, 2.05) is 30.3 Å². The molecule has 4 aromatic rings. The zero-order chi connectivity index (χ0) is 21.6. The van der Waals surface area contributed by atoms with Gasteiger partial charge in [-0.2, -0.15) is 5.26 Å². The van der Waals surface area contributed by atoms with Crippen LogP contribution in [0, 0.1) is 11.3 Å². The van der Waals surface area contributed by atoms with Gasteiger partial charge in [0.15, 0.2) is 12.4 Å². The maximum atomic E-state index is 12.4. The fourth-order valence-corrected chi connectivity index (χ4v) is 3.07. The van der Waals surface area contributed by atoms with E-state index >= 15 is 0 Å². The van der Waals surface area contributed by atoms with Gasteiger partial charge in [-0.15, -0.1) is 0 Å². The minimum absolute atomic E-state index is 0.293. The molecule has 7 nitrogen and oxygen atoms in total. The molecule has 0 unspecified atom stereocenters. The highest BCUT2D eigenvalue weighted by atomic mass is 16.5. The second kappa shape index (κ2) is 8.93. The smallest absolute Gasteiger partial charge is 0.338 e. The van der Waals surface area contributed by atoms with Gasteiger partial charge in [0.2, 0.25) is 0 Å². The number of fused-ring (bicyclic) bond motifs is 1. The molecule has 152 valence electrons. The molecule has 0 aliphatic rings. The predicted molar refractivity (Wildman–Crippen MR) is 114 cm³/mol. The molecule has 0 spiro atoms. The molecule has 0 radical (unpaired) electrons. The number of benzene rings is 3. The first kappa shape index (κ1) is 19.9. The van der Waals surface area contributed by atoms with Crippen LogP contribution in [-0.2, 0) is 16.0 Å². The van der Waals surface area contributed by atoms with Crippen LogP contribution >= 0.6 is 0 Å². The van der Waals surface area contributed by atoms with Crippen molar-refractivity contribution < 1.29 is 18.8 Å². The second-order valence-corrected chi connectivity index (χ2v) is 6.77. The van der Waals surface area contributed by atoms with Crippen molar-refractivity contribution in [3.05, 3.63) is 83.9 Å². The summed E-state index contributed by atoms with van der Waals surface area (Å²) in [7, 11) is 0. The van der Waals surface area contributed by atoms with Gasteiger partial charge in [-0.25, -0.2) is 4.79 Å². The summed E-state index contributed by atoms with van der Waals surface area (Å²) >= 11 is 0. The summed E-state index contributed by atoms with van der Waals surface area (Å²) in [6.45, 7) is -0.425. The summed E-state index contributed by atoms with van der Waals surface area (Å²) < 4.78 is 10.6. The first-order valence-corrected chi connectivity index (χ1v) is 9.52. The molecule has 4 rings (SSSR count). The SMILES string of the molecule is N#CCc1ccc(NC(=O)COC(=O)c2ccc3noc(-c4ccccc4)c3c2)cc1. The standard InChI is InChI=1S/C24H17N3O4/c25-13-12-16-6-9-19(10-7-16)26-22(28)15-30-24(29)18-8-11-21-20(14-18)23(31-27-21)17-4-2-1-3-5-17/h1-11,14H,12,15H2,(H,26,28). The fraction of sp³-hybridized carbons (Fsp3) is 0.0833. The molecule has 1 N–H and O–H groups in total. The van der Waals surface area contributed by atoms with Crippen LogP contribution in [-0.4, -0.2) is 23.6 Å². The second-order valence-electron chi connectivity index (χ2n) is 6.77. The zero-order valence-electron chi connectivity index (χ0n) is 16.4. The summed E-state index contributed by atoms with van der Waals surface area (Å²) in [6.07, 6.45) is 0.300. The molecule has 0 saturated carbocycles. The minimum atomic E-state index is -0.623. The highest BCUT2D eigenvalue weighted by Crippen LogP contribution is 2.29. The number of ether oxygens (including phenoxy) is 1. The van der Waals surface area contributed by atoms with Crippen molar-refractivity contribution in [1.82, 2.24) is 5.16 Å². The van der Waals surface area contributed by atoms with E-state index in [-0.39, 0.29) is 0 Å².